The van der Waals surface area contributed by atoms with Gasteiger partial charge in [0.05, 0.1) is 13.2 Å². The fraction of sp³-hybridized carbons (Fsp3) is 1.00. The lowest BCUT2D eigenvalue weighted by Gasteiger charge is -2.25. The topological polar surface area (TPSA) is 32.4 Å². The first-order chi connectivity index (χ1) is 5.43. The van der Waals surface area contributed by atoms with E-state index in [0.29, 0.717) is 13.0 Å². The molecule has 0 atom stereocenters. The number of hydrogen-bond donors (Lipinski definition) is 0. The summed E-state index contributed by atoms with van der Waals surface area (Å²) in [4.78, 5) is 5.36. The highest BCUT2D eigenvalue weighted by molar-refractivity contribution is 4.56. The highest BCUT2D eigenvalue weighted by Crippen LogP contribution is 2.08. The zero-order chi connectivity index (χ0) is 7.94. The molecule has 1 fully saturated rings. The van der Waals surface area contributed by atoms with E-state index in [2.05, 4.69) is 0 Å². The molecule has 0 amide bonds. The van der Waals surface area contributed by atoms with Gasteiger partial charge in [-0.1, -0.05) is 6.42 Å². The van der Waals surface area contributed by atoms with E-state index in [-0.39, 0.29) is 6.61 Å². The van der Waals surface area contributed by atoms with Gasteiger partial charge in [-0.15, -0.1) is 0 Å². The lowest BCUT2D eigenvalue weighted by Crippen LogP contribution is -2.30. The van der Waals surface area contributed by atoms with E-state index in [1.807, 2.05) is 5.06 Å². The van der Waals surface area contributed by atoms with Gasteiger partial charge in [-0.3, -0.25) is 4.84 Å². The molecule has 0 saturated carbocycles. The molecule has 0 aliphatic carbocycles. The number of hydroxylamine groups is 2. The van der Waals surface area contributed by atoms with Crippen molar-refractivity contribution in [1.82, 2.24) is 5.06 Å². The van der Waals surface area contributed by atoms with Gasteiger partial charge in [0.15, 0.2) is 0 Å². The molecule has 1 aliphatic heterocycles. The number of hydrogen-bond acceptors (Lipinski definition) is 2. The zero-order valence-corrected chi connectivity index (χ0v) is 6.92. The third kappa shape index (κ3) is 3.70. The van der Waals surface area contributed by atoms with Gasteiger partial charge in [0.1, 0.15) is 0 Å². The van der Waals surface area contributed by atoms with Crippen LogP contribution in [0.3, 0.4) is 0 Å². The Labute approximate surface area is 67.9 Å². The summed E-state index contributed by atoms with van der Waals surface area (Å²) in [6.45, 7) is 2.66. The summed E-state index contributed by atoms with van der Waals surface area (Å²) in [5.41, 5.74) is 0. The second kappa shape index (κ2) is 5.52. The lowest BCUT2D eigenvalue weighted by atomic mass is 10.2. The van der Waals surface area contributed by atoms with Crippen LogP contribution in [0.5, 0.6) is 0 Å². The van der Waals surface area contributed by atoms with Crippen molar-refractivity contribution in [3.8, 4) is 0 Å². The van der Waals surface area contributed by atoms with Gasteiger partial charge >= 0.3 is 0 Å². The van der Waals surface area contributed by atoms with Crippen molar-refractivity contribution in [1.29, 1.82) is 0 Å². The summed E-state index contributed by atoms with van der Waals surface area (Å²) >= 11 is 0. The monoisotopic (exact) mass is 158 g/mol. The maximum absolute atomic E-state index is 10.1. The van der Waals surface area contributed by atoms with Gasteiger partial charge in [-0.2, -0.15) is 5.06 Å². The molecule has 3 nitrogen and oxygen atoms in total. The van der Waals surface area contributed by atoms with Crippen molar-refractivity contribution in [3.05, 3.63) is 0 Å². The first-order valence-corrected chi connectivity index (χ1v) is 4.39. The summed E-state index contributed by atoms with van der Waals surface area (Å²) in [6, 6.07) is 0. The molecule has 0 unspecified atom stereocenters. The Morgan fingerprint density at radius 2 is 1.91 bits per heavy atom. The van der Waals surface area contributed by atoms with Crippen molar-refractivity contribution in [2.45, 2.75) is 25.7 Å². The second-order valence-corrected chi connectivity index (χ2v) is 2.88. The van der Waals surface area contributed by atoms with Crippen LogP contribution in [-0.4, -0.2) is 31.4 Å². The maximum Gasteiger partial charge on any atom is 0.0845 e. The molecule has 1 aliphatic rings. The normalized spacial score (nSPS) is 20.5. The molecule has 0 aromatic heterocycles. The van der Waals surface area contributed by atoms with Gasteiger partial charge in [0.2, 0.25) is 0 Å². The molecule has 0 N–H and O–H groups in total. The summed E-state index contributed by atoms with van der Waals surface area (Å²) in [5.74, 6) is 0. The quantitative estimate of drug-likeness (QED) is 0.576. The van der Waals surface area contributed by atoms with Crippen LogP contribution in [0.15, 0.2) is 0 Å². The van der Waals surface area contributed by atoms with E-state index in [1.165, 1.54) is 19.3 Å². The molecule has 1 heterocycles. The van der Waals surface area contributed by atoms with Crippen molar-refractivity contribution in [2.24, 2.45) is 0 Å². The van der Waals surface area contributed by atoms with Crippen molar-refractivity contribution in [2.75, 3.05) is 26.3 Å². The van der Waals surface area contributed by atoms with Gasteiger partial charge < -0.3 is 0 Å². The molecule has 11 heavy (non-hydrogen) atoms. The molecule has 65 valence electrons. The predicted molar refractivity (Wildman–Crippen MR) is 41.5 cm³/mol. The molecule has 3 heteroatoms. The van der Waals surface area contributed by atoms with Crippen LogP contribution in [0.25, 0.3) is 0 Å². The number of piperidine rings is 1. The van der Waals surface area contributed by atoms with Crippen molar-refractivity contribution in [3.63, 3.8) is 0 Å². The molecule has 0 aromatic rings. The Morgan fingerprint density at radius 3 is 2.55 bits per heavy atom. The van der Waals surface area contributed by atoms with Crippen LogP contribution in [-0.2, 0) is 9.94 Å². The highest BCUT2D eigenvalue weighted by Gasteiger charge is 2.09. The van der Waals surface area contributed by atoms with Crippen LogP contribution in [0.1, 0.15) is 25.7 Å². The molecule has 0 spiro atoms. The standard InChI is InChI=1S/C8H16NO2/c10-7-4-8-11-9-5-2-1-3-6-9/h1-8H2. The highest BCUT2D eigenvalue weighted by atomic mass is 16.7. The first kappa shape index (κ1) is 8.97. The van der Waals surface area contributed by atoms with Crippen LogP contribution < -0.4 is 0 Å². The van der Waals surface area contributed by atoms with E-state index in [1.54, 1.807) is 0 Å². The average molecular weight is 158 g/mol. The Balaban J connectivity index is 1.96. The smallest absolute Gasteiger partial charge is 0.0845 e. The first-order valence-electron chi connectivity index (χ1n) is 4.39. The third-order valence-electron chi connectivity index (χ3n) is 1.88. The van der Waals surface area contributed by atoms with Crippen LogP contribution >= 0.6 is 0 Å². The fourth-order valence-corrected chi connectivity index (χ4v) is 1.25. The maximum atomic E-state index is 10.1. The molecular formula is C8H16NO2. The van der Waals surface area contributed by atoms with Crippen LogP contribution in [0, 0.1) is 0 Å². The third-order valence-corrected chi connectivity index (χ3v) is 1.88. The molecule has 0 bridgehead atoms. The zero-order valence-electron chi connectivity index (χ0n) is 6.92. The van der Waals surface area contributed by atoms with Crippen molar-refractivity contribution < 1.29 is 9.94 Å². The molecule has 0 aromatic carbocycles. The van der Waals surface area contributed by atoms with E-state index < -0.39 is 0 Å². The van der Waals surface area contributed by atoms with E-state index >= 15 is 0 Å². The molecule has 1 rings (SSSR count). The summed E-state index contributed by atoms with van der Waals surface area (Å²) in [5, 5.41) is 12.1. The largest absolute Gasteiger partial charge is 0.299 e. The minimum absolute atomic E-state index is 0.0200. The van der Waals surface area contributed by atoms with E-state index in [0.717, 1.165) is 13.1 Å². The molecule has 1 radical (unpaired) electrons. The van der Waals surface area contributed by atoms with Gasteiger partial charge in [0.25, 0.3) is 0 Å². The number of nitrogens with zero attached hydrogens (tertiary/aromatic N) is 1. The summed E-state index contributed by atoms with van der Waals surface area (Å²) in [6.07, 6.45) is 4.42. The molecule has 1 saturated heterocycles. The van der Waals surface area contributed by atoms with E-state index in [9.17, 15) is 5.11 Å². The SMILES string of the molecule is [O]CCCON1CCCCC1. The second-order valence-electron chi connectivity index (χ2n) is 2.88. The number of rotatable bonds is 4. The van der Waals surface area contributed by atoms with Crippen LogP contribution in [0.2, 0.25) is 0 Å². The predicted octanol–water partition coefficient (Wildman–Crippen LogP) is 1.22. The minimum Gasteiger partial charge on any atom is -0.299 e. The Hall–Kier alpha value is -0.120. The fourth-order valence-electron chi connectivity index (χ4n) is 1.25. The van der Waals surface area contributed by atoms with Gasteiger partial charge in [-0.05, 0) is 19.3 Å². The van der Waals surface area contributed by atoms with Gasteiger partial charge in [-0.25, -0.2) is 5.11 Å². The lowest BCUT2D eigenvalue weighted by molar-refractivity contribution is -0.170. The van der Waals surface area contributed by atoms with Crippen LogP contribution in [0.4, 0.5) is 0 Å². The minimum atomic E-state index is -0.0200. The summed E-state index contributed by atoms with van der Waals surface area (Å²) in [7, 11) is 0. The van der Waals surface area contributed by atoms with Crippen molar-refractivity contribution >= 4 is 0 Å². The average Bonchev–Trinajstić information content (AvgIpc) is 2.07. The van der Waals surface area contributed by atoms with E-state index in [4.69, 9.17) is 4.84 Å². The Morgan fingerprint density at radius 1 is 1.18 bits per heavy atom. The summed E-state index contributed by atoms with van der Waals surface area (Å²) < 4.78 is 0. The Bertz CT molecular complexity index is 92.1. The van der Waals surface area contributed by atoms with Gasteiger partial charge in [0, 0.05) is 13.1 Å². The molecular weight excluding hydrogens is 142 g/mol. The Kier molecular flexibility index (Phi) is 4.50.